The summed E-state index contributed by atoms with van der Waals surface area (Å²) in [6.07, 6.45) is 5.26. The van der Waals surface area contributed by atoms with E-state index in [0.717, 1.165) is 31.7 Å². The van der Waals surface area contributed by atoms with E-state index >= 15 is 0 Å². The molecule has 0 bridgehead atoms. The number of carbonyl (C=O) groups is 1. The van der Waals surface area contributed by atoms with Crippen molar-refractivity contribution < 1.29 is 4.79 Å². The maximum atomic E-state index is 12.4. The van der Waals surface area contributed by atoms with Crippen molar-refractivity contribution >= 4 is 23.2 Å². The second-order valence-electron chi connectivity index (χ2n) is 4.47. The van der Waals surface area contributed by atoms with Crippen LogP contribution in [-0.2, 0) is 0 Å². The molecule has 4 heteroatoms. The summed E-state index contributed by atoms with van der Waals surface area (Å²) < 4.78 is 0. The highest BCUT2D eigenvalue weighted by Gasteiger charge is 2.28. The second kappa shape index (κ2) is 5.96. The number of nitrogens with zero attached hydrogens (tertiary/aromatic N) is 1. The summed E-state index contributed by atoms with van der Waals surface area (Å²) >= 11 is 5.04. The maximum Gasteiger partial charge on any atom is 0.260 e. The maximum absolute atomic E-state index is 12.4. The lowest BCUT2D eigenvalue weighted by Crippen LogP contribution is -2.43. The second-order valence-corrected chi connectivity index (χ2v) is 4.89. The van der Waals surface area contributed by atoms with E-state index in [1.807, 2.05) is 18.2 Å². The van der Waals surface area contributed by atoms with Gasteiger partial charge in [-0.2, -0.15) is 0 Å². The number of benzene rings is 1. The molecule has 1 aromatic rings. The van der Waals surface area contributed by atoms with Gasteiger partial charge >= 0.3 is 0 Å². The fraction of sp³-hybridized carbons (Fsp3) is 0.357. The summed E-state index contributed by atoms with van der Waals surface area (Å²) in [6.45, 7) is 0. The molecule has 1 amide bonds. The van der Waals surface area contributed by atoms with Crippen LogP contribution in [0.5, 0.6) is 0 Å². The van der Waals surface area contributed by atoms with Crippen LogP contribution < -0.4 is 5.73 Å². The highest BCUT2D eigenvalue weighted by atomic mass is 32.1. The van der Waals surface area contributed by atoms with Crippen LogP contribution in [0.3, 0.4) is 0 Å². The lowest BCUT2D eigenvalue weighted by molar-refractivity contribution is 0.0840. The van der Waals surface area contributed by atoms with Gasteiger partial charge in [0, 0.05) is 5.56 Å². The molecule has 0 heterocycles. The zero-order valence-electron chi connectivity index (χ0n) is 10.3. The molecule has 2 rings (SSSR count). The predicted molar refractivity (Wildman–Crippen MR) is 75.7 cm³/mol. The Morgan fingerprint density at radius 2 is 1.72 bits per heavy atom. The van der Waals surface area contributed by atoms with E-state index < -0.39 is 0 Å². The Morgan fingerprint density at radius 1 is 1.11 bits per heavy atom. The van der Waals surface area contributed by atoms with Gasteiger partial charge in [0.05, 0.1) is 6.04 Å². The molecule has 2 N–H and O–H groups in total. The van der Waals surface area contributed by atoms with E-state index in [9.17, 15) is 4.79 Å². The van der Waals surface area contributed by atoms with Crippen LogP contribution in [0.25, 0.3) is 0 Å². The molecule has 0 aromatic heterocycles. The summed E-state index contributed by atoms with van der Waals surface area (Å²) in [5.74, 6) is -0.111. The lowest BCUT2D eigenvalue weighted by Gasteiger charge is -2.32. The van der Waals surface area contributed by atoms with E-state index in [1.54, 1.807) is 12.1 Å². The molecule has 1 aliphatic carbocycles. The summed E-state index contributed by atoms with van der Waals surface area (Å²) in [7, 11) is 0. The number of hydrogen-bond donors (Lipinski definition) is 1. The van der Waals surface area contributed by atoms with Crippen LogP contribution in [0, 0.1) is 6.04 Å². The van der Waals surface area contributed by atoms with Crippen molar-refractivity contribution in [2.75, 3.05) is 0 Å². The topological polar surface area (TPSA) is 46.3 Å². The van der Waals surface area contributed by atoms with Gasteiger partial charge in [-0.05, 0) is 37.2 Å². The number of nitrogens with two attached hydrogens (primary N) is 1. The summed E-state index contributed by atoms with van der Waals surface area (Å²) in [5, 5.41) is 0.153. The van der Waals surface area contributed by atoms with E-state index in [-0.39, 0.29) is 11.0 Å². The Bertz CT molecular complexity index is 427. The molecule has 0 unspecified atom stereocenters. The fourth-order valence-electron chi connectivity index (χ4n) is 2.29. The monoisotopic (exact) mass is 261 g/mol. The minimum absolute atomic E-state index is 0.111. The first-order valence-electron chi connectivity index (χ1n) is 6.24. The van der Waals surface area contributed by atoms with E-state index in [4.69, 9.17) is 18.0 Å². The van der Waals surface area contributed by atoms with Gasteiger partial charge in [-0.25, -0.2) is 0 Å². The number of carbonyl (C=O) groups excluding carboxylic acids is 1. The first-order valence-corrected chi connectivity index (χ1v) is 6.64. The first-order chi connectivity index (χ1) is 8.70. The SMILES string of the molecule is NC(=S)N([C]1CCCCC1)C(=O)c1ccccc1. The van der Waals surface area contributed by atoms with Crippen molar-refractivity contribution in [1.82, 2.24) is 4.90 Å². The molecule has 1 aliphatic rings. The zero-order chi connectivity index (χ0) is 13.0. The van der Waals surface area contributed by atoms with Crippen molar-refractivity contribution in [2.45, 2.75) is 32.1 Å². The zero-order valence-corrected chi connectivity index (χ0v) is 11.1. The standard InChI is InChI=1S/C14H17N2OS/c15-14(18)16(12-9-5-2-6-10-12)13(17)11-7-3-1-4-8-11/h1,3-4,7-8H,2,5-6,9-10H2,(H2,15,18). The van der Waals surface area contributed by atoms with Crippen LogP contribution in [0.2, 0.25) is 0 Å². The highest BCUT2D eigenvalue weighted by Crippen LogP contribution is 2.29. The fourth-order valence-corrected chi connectivity index (χ4v) is 2.50. The molecule has 0 atom stereocenters. The molecular weight excluding hydrogens is 244 g/mol. The average molecular weight is 261 g/mol. The third-order valence-electron chi connectivity index (χ3n) is 3.19. The van der Waals surface area contributed by atoms with Crippen molar-refractivity contribution in [2.24, 2.45) is 5.73 Å². The number of thiocarbonyl (C=S) groups is 1. The highest BCUT2D eigenvalue weighted by molar-refractivity contribution is 7.80. The van der Waals surface area contributed by atoms with Gasteiger partial charge in [-0.1, -0.05) is 37.5 Å². The summed E-state index contributed by atoms with van der Waals surface area (Å²) in [5.41, 5.74) is 6.35. The average Bonchev–Trinajstić information content (AvgIpc) is 2.40. The molecule has 1 fully saturated rings. The van der Waals surface area contributed by atoms with E-state index in [1.165, 1.54) is 11.3 Å². The van der Waals surface area contributed by atoms with Gasteiger partial charge in [0.1, 0.15) is 0 Å². The lowest BCUT2D eigenvalue weighted by atomic mass is 9.94. The van der Waals surface area contributed by atoms with Gasteiger partial charge < -0.3 is 5.73 Å². The van der Waals surface area contributed by atoms with Gasteiger partial charge in [0.25, 0.3) is 5.91 Å². The Labute approximate surface area is 113 Å². The van der Waals surface area contributed by atoms with Crippen molar-refractivity contribution in [3.63, 3.8) is 0 Å². The molecule has 0 spiro atoms. The number of amides is 1. The summed E-state index contributed by atoms with van der Waals surface area (Å²) in [6, 6.07) is 10.2. The molecule has 0 saturated heterocycles. The molecule has 1 radical (unpaired) electrons. The van der Waals surface area contributed by atoms with Crippen LogP contribution in [-0.4, -0.2) is 15.9 Å². The number of hydrogen-bond acceptors (Lipinski definition) is 2. The molecule has 0 aliphatic heterocycles. The van der Waals surface area contributed by atoms with Gasteiger partial charge in [-0.15, -0.1) is 0 Å². The van der Waals surface area contributed by atoms with Crippen molar-refractivity contribution in [3.05, 3.63) is 41.9 Å². The van der Waals surface area contributed by atoms with E-state index in [0.29, 0.717) is 5.56 Å². The van der Waals surface area contributed by atoms with Gasteiger partial charge in [0.15, 0.2) is 5.11 Å². The predicted octanol–water partition coefficient (Wildman–Crippen LogP) is 2.87. The van der Waals surface area contributed by atoms with Crippen LogP contribution in [0.1, 0.15) is 42.5 Å². The van der Waals surface area contributed by atoms with Crippen LogP contribution in [0.4, 0.5) is 0 Å². The normalized spacial score (nSPS) is 16.2. The molecule has 95 valence electrons. The molecular formula is C14H17N2OS. The molecule has 1 saturated carbocycles. The first kappa shape index (κ1) is 13.0. The van der Waals surface area contributed by atoms with Crippen molar-refractivity contribution in [1.29, 1.82) is 0 Å². The minimum atomic E-state index is -0.111. The Hall–Kier alpha value is -1.42. The van der Waals surface area contributed by atoms with Crippen LogP contribution in [0.15, 0.2) is 30.3 Å². The summed E-state index contributed by atoms with van der Waals surface area (Å²) in [4.78, 5) is 13.9. The Kier molecular flexibility index (Phi) is 4.31. The van der Waals surface area contributed by atoms with E-state index in [2.05, 4.69) is 0 Å². The Balaban J connectivity index is 2.19. The minimum Gasteiger partial charge on any atom is -0.376 e. The van der Waals surface area contributed by atoms with Crippen molar-refractivity contribution in [3.8, 4) is 0 Å². The quantitative estimate of drug-likeness (QED) is 0.833. The number of rotatable bonds is 2. The smallest absolute Gasteiger partial charge is 0.260 e. The third-order valence-corrected chi connectivity index (χ3v) is 3.37. The third kappa shape index (κ3) is 2.88. The Morgan fingerprint density at radius 3 is 2.28 bits per heavy atom. The largest absolute Gasteiger partial charge is 0.376 e. The van der Waals surface area contributed by atoms with Crippen LogP contribution >= 0.6 is 12.2 Å². The van der Waals surface area contributed by atoms with Gasteiger partial charge in [-0.3, -0.25) is 9.69 Å². The molecule has 1 aromatic carbocycles. The molecule has 18 heavy (non-hydrogen) atoms. The molecule has 3 nitrogen and oxygen atoms in total. The van der Waals surface area contributed by atoms with Gasteiger partial charge in [0.2, 0.25) is 0 Å².